The van der Waals surface area contributed by atoms with Gasteiger partial charge >= 0.3 is 0 Å². The zero-order valence-corrected chi connectivity index (χ0v) is 20.3. The summed E-state index contributed by atoms with van der Waals surface area (Å²) in [6, 6.07) is 13.3. The molecule has 0 bridgehead atoms. The molecule has 6 heteroatoms. The molecule has 0 aliphatic rings. The Kier molecular flexibility index (Phi) is 7.86. The maximum absolute atomic E-state index is 12.5. The molecule has 0 aliphatic heterocycles. The molecule has 1 amide bonds. The first kappa shape index (κ1) is 23.1. The van der Waals surface area contributed by atoms with Gasteiger partial charge in [-0.3, -0.25) is 4.79 Å². The molecule has 30 heavy (non-hydrogen) atoms. The van der Waals surface area contributed by atoms with Crippen LogP contribution >= 0.6 is 46.1 Å². The molecule has 0 spiro atoms. The molecule has 2 aromatic carbocycles. The molecule has 0 atom stereocenters. The van der Waals surface area contributed by atoms with Crippen LogP contribution in [0.15, 0.2) is 42.5 Å². The quantitative estimate of drug-likeness (QED) is 0.361. The van der Waals surface area contributed by atoms with E-state index in [-0.39, 0.29) is 11.8 Å². The number of hydrogen-bond donors (Lipinski definition) is 1. The Hall–Kier alpha value is -1.52. The Morgan fingerprint density at radius 1 is 1.00 bits per heavy atom. The number of benzene rings is 2. The van der Waals surface area contributed by atoms with Crippen LogP contribution in [0.5, 0.6) is 0 Å². The maximum atomic E-state index is 12.5. The zero-order valence-electron chi connectivity index (χ0n) is 17.2. The summed E-state index contributed by atoms with van der Waals surface area (Å²) in [6.07, 6.45) is 1.68. The van der Waals surface area contributed by atoms with Crippen molar-refractivity contribution in [2.75, 3.05) is 0 Å². The molecule has 1 heterocycles. The van der Waals surface area contributed by atoms with Crippen molar-refractivity contribution in [3.8, 4) is 21.6 Å². The average molecular weight is 481 g/mol. The summed E-state index contributed by atoms with van der Waals surface area (Å²) >= 11 is 20.4. The van der Waals surface area contributed by atoms with Gasteiger partial charge in [0.1, 0.15) is 0 Å². The molecule has 0 radical (unpaired) electrons. The molecule has 0 unspecified atom stereocenters. The third-order valence-electron chi connectivity index (χ3n) is 5.33. The van der Waals surface area contributed by atoms with Crippen molar-refractivity contribution in [3.63, 3.8) is 0 Å². The molecular weight excluding hydrogens is 457 g/mol. The topological polar surface area (TPSA) is 29.1 Å². The minimum atomic E-state index is 0.0474. The van der Waals surface area contributed by atoms with Crippen LogP contribution in [0.4, 0.5) is 0 Å². The lowest BCUT2D eigenvalue weighted by molar-refractivity contribution is -0.125. The molecule has 0 saturated heterocycles. The first-order valence-electron chi connectivity index (χ1n) is 9.97. The first-order valence-corrected chi connectivity index (χ1v) is 11.9. The molecule has 2 nitrogen and oxygen atoms in total. The number of carbonyl (C=O) groups excluding carboxylic acids is 1. The number of nitrogens with one attached hydrogen (secondary N) is 1. The second kappa shape index (κ2) is 10.2. The lowest BCUT2D eigenvalue weighted by Crippen LogP contribution is -2.29. The highest BCUT2D eigenvalue weighted by molar-refractivity contribution is 7.16. The highest BCUT2D eigenvalue weighted by atomic mass is 35.5. The van der Waals surface area contributed by atoms with E-state index in [0.29, 0.717) is 21.6 Å². The molecule has 0 fully saturated rings. The summed E-state index contributed by atoms with van der Waals surface area (Å²) in [6.45, 7) is 6.68. The Bertz CT molecular complexity index is 1040. The maximum Gasteiger partial charge on any atom is 0.223 e. The number of carbonyl (C=O) groups is 1. The molecule has 158 valence electrons. The second-order valence-electron chi connectivity index (χ2n) is 7.22. The van der Waals surface area contributed by atoms with E-state index >= 15 is 0 Å². The Morgan fingerprint density at radius 2 is 1.63 bits per heavy atom. The van der Waals surface area contributed by atoms with Gasteiger partial charge in [-0.2, -0.15) is 0 Å². The van der Waals surface area contributed by atoms with Gasteiger partial charge in [-0.1, -0.05) is 66.8 Å². The summed E-state index contributed by atoms with van der Waals surface area (Å²) in [4.78, 5) is 14.7. The summed E-state index contributed by atoms with van der Waals surface area (Å²) in [7, 11) is 0. The van der Waals surface area contributed by atoms with Crippen molar-refractivity contribution in [2.24, 2.45) is 5.92 Å². The third kappa shape index (κ3) is 5.03. The van der Waals surface area contributed by atoms with Gasteiger partial charge < -0.3 is 5.32 Å². The average Bonchev–Trinajstić information content (AvgIpc) is 3.04. The van der Waals surface area contributed by atoms with Gasteiger partial charge in [0.25, 0.3) is 0 Å². The fraction of sp³-hybridized carbons (Fsp3) is 0.292. The fourth-order valence-electron chi connectivity index (χ4n) is 3.53. The number of hydrogen-bond acceptors (Lipinski definition) is 2. The summed E-state index contributed by atoms with van der Waals surface area (Å²) in [5, 5.41) is 5.01. The Labute approximate surface area is 197 Å². The number of halogens is 3. The van der Waals surface area contributed by atoms with Crippen molar-refractivity contribution in [3.05, 3.63) is 68.0 Å². The standard InChI is InChI=1S/C24H24Cl3NOS/c1-4-15(5-2)24(29)28-13-21-14(3)22(16-6-8-17(25)9-7-16)23(30-21)19-11-10-18(26)12-20(19)27/h6-12,15H,4-5,13H2,1-3H3,(H,28,29). The minimum absolute atomic E-state index is 0.0474. The molecule has 3 rings (SSSR count). The van der Waals surface area contributed by atoms with Crippen LogP contribution in [-0.2, 0) is 11.3 Å². The normalized spacial score (nSPS) is 11.2. The van der Waals surface area contributed by atoms with E-state index in [9.17, 15) is 4.79 Å². The van der Waals surface area contributed by atoms with E-state index in [4.69, 9.17) is 34.8 Å². The van der Waals surface area contributed by atoms with Crippen LogP contribution in [0, 0.1) is 12.8 Å². The van der Waals surface area contributed by atoms with Gasteiger partial charge in [-0.25, -0.2) is 0 Å². The van der Waals surface area contributed by atoms with Crippen molar-refractivity contribution >= 4 is 52.0 Å². The van der Waals surface area contributed by atoms with Gasteiger partial charge in [-0.05, 0) is 55.2 Å². The molecular formula is C24H24Cl3NOS. The van der Waals surface area contributed by atoms with Crippen molar-refractivity contribution in [1.82, 2.24) is 5.32 Å². The van der Waals surface area contributed by atoms with E-state index in [1.165, 1.54) is 0 Å². The van der Waals surface area contributed by atoms with E-state index in [0.717, 1.165) is 44.8 Å². The Balaban J connectivity index is 2.05. The van der Waals surface area contributed by atoms with Crippen molar-refractivity contribution in [2.45, 2.75) is 40.2 Å². The lowest BCUT2D eigenvalue weighted by Gasteiger charge is -2.12. The second-order valence-corrected chi connectivity index (χ2v) is 9.60. The van der Waals surface area contributed by atoms with Crippen LogP contribution in [0.3, 0.4) is 0 Å². The molecule has 0 saturated carbocycles. The number of amides is 1. The molecule has 3 aromatic rings. The van der Waals surface area contributed by atoms with Crippen LogP contribution < -0.4 is 5.32 Å². The molecule has 1 aromatic heterocycles. The van der Waals surface area contributed by atoms with Crippen LogP contribution in [0.25, 0.3) is 21.6 Å². The summed E-state index contributed by atoms with van der Waals surface area (Å²) in [5.41, 5.74) is 4.23. The van der Waals surface area contributed by atoms with Crippen LogP contribution in [0.2, 0.25) is 15.1 Å². The first-order chi connectivity index (χ1) is 14.3. The minimum Gasteiger partial charge on any atom is -0.351 e. The largest absolute Gasteiger partial charge is 0.351 e. The monoisotopic (exact) mass is 479 g/mol. The van der Waals surface area contributed by atoms with E-state index in [1.807, 2.05) is 50.2 Å². The summed E-state index contributed by atoms with van der Waals surface area (Å²) < 4.78 is 0. The third-order valence-corrected chi connectivity index (χ3v) is 7.46. The Morgan fingerprint density at radius 3 is 2.23 bits per heavy atom. The van der Waals surface area contributed by atoms with E-state index in [1.54, 1.807) is 17.4 Å². The SMILES string of the molecule is CCC(CC)C(=O)NCc1sc(-c2ccc(Cl)cc2Cl)c(-c2ccc(Cl)cc2)c1C. The van der Waals surface area contributed by atoms with Gasteiger partial charge in [0.05, 0.1) is 11.6 Å². The van der Waals surface area contributed by atoms with Gasteiger partial charge in [0.15, 0.2) is 0 Å². The van der Waals surface area contributed by atoms with Gasteiger partial charge in [0.2, 0.25) is 5.91 Å². The van der Waals surface area contributed by atoms with Crippen LogP contribution in [-0.4, -0.2) is 5.91 Å². The van der Waals surface area contributed by atoms with Gasteiger partial charge in [-0.15, -0.1) is 11.3 Å². The summed E-state index contributed by atoms with van der Waals surface area (Å²) in [5.74, 6) is 0.151. The highest BCUT2D eigenvalue weighted by Gasteiger charge is 2.21. The highest BCUT2D eigenvalue weighted by Crippen LogP contribution is 2.45. The zero-order chi connectivity index (χ0) is 21.8. The number of rotatable bonds is 7. The van der Waals surface area contributed by atoms with Crippen LogP contribution in [0.1, 0.15) is 37.1 Å². The number of thiophene rings is 1. The van der Waals surface area contributed by atoms with Crippen molar-refractivity contribution < 1.29 is 4.79 Å². The smallest absolute Gasteiger partial charge is 0.223 e. The predicted molar refractivity (Wildman–Crippen MR) is 131 cm³/mol. The van der Waals surface area contributed by atoms with E-state index in [2.05, 4.69) is 12.2 Å². The molecule has 1 N–H and O–H groups in total. The predicted octanol–water partition coefficient (Wildman–Crippen LogP) is 8.40. The molecule has 0 aliphatic carbocycles. The fourth-order valence-corrected chi connectivity index (χ4v) is 5.52. The van der Waals surface area contributed by atoms with Crippen molar-refractivity contribution in [1.29, 1.82) is 0 Å². The van der Waals surface area contributed by atoms with E-state index < -0.39 is 0 Å². The van der Waals surface area contributed by atoms with Gasteiger partial charge in [0, 0.05) is 36.8 Å². The lowest BCUT2D eigenvalue weighted by atomic mass is 9.98.